The smallest absolute Gasteiger partial charge is 0.242 e. The maximum absolute atomic E-state index is 12.9. The van der Waals surface area contributed by atoms with Gasteiger partial charge in [-0.3, -0.25) is 4.79 Å². The van der Waals surface area contributed by atoms with Gasteiger partial charge in [0.15, 0.2) is 0 Å². The van der Waals surface area contributed by atoms with E-state index in [2.05, 4.69) is 0 Å². The Labute approximate surface area is 131 Å². The lowest BCUT2D eigenvalue weighted by atomic mass is 9.81. The molecule has 1 unspecified atom stereocenters. The van der Waals surface area contributed by atoms with Gasteiger partial charge in [0.25, 0.3) is 0 Å². The van der Waals surface area contributed by atoms with Crippen molar-refractivity contribution in [2.24, 2.45) is 11.7 Å². The van der Waals surface area contributed by atoms with Crippen molar-refractivity contribution >= 4 is 5.91 Å². The Kier molecular flexibility index (Phi) is 4.48. The summed E-state index contributed by atoms with van der Waals surface area (Å²) in [6.07, 6.45) is 6.89. The van der Waals surface area contributed by atoms with E-state index < -0.39 is 5.54 Å². The van der Waals surface area contributed by atoms with Crippen molar-refractivity contribution in [3.8, 4) is 0 Å². The highest BCUT2D eigenvalue weighted by molar-refractivity contribution is 5.86. The Bertz CT molecular complexity index is 522. The summed E-state index contributed by atoms with van der Waals surface area (Å²) in [4.78, 5) is 14.7. The number of carbonyl (C=O) groups excluding carboxylic acids is 1. The molecule has 0 bridgehead atoms. The number of amides is 1. The van der Waals surface area contributed by atoms with Crippen LogP contribution >= 0.6 is 0 Å². The number of carbonyl (C=O) groups is 1. The molecular weight excluding hydrogens is 279 g/mol. The standard InChI is InChI=1S/C18H25FN2O/c19-16-6-4-14(5-7-16)12-15-8-11-21(13-15)17(22)18(20)9-2-1-3-10-18/h4-7,15H,1-3,8-13,20H2. The summed E-state index contributed by atoms with van der Waals surface area (Å²) in [5.41, 5.74) is 6.88. The molecule has 1 atom stereocenters. The Morgan fingerprint density at radius 2 is 1.91 bits per heavy atom. The normalized spacial score (nSPS) is 24.5. The van der Waals surface area contributed by atoms with Gasteiger partial charge in [-0.15, -0.1) is 0 Å². The first-order valence-electron chi connectivity index (χ1n) is 8.39. The number of likely N-dealkylation sites (tertiary alicyclic amines) is 1. The molecule has 3 rings (SSSR count). The lowest BCUT2D eigenvalue weighted by Crippen LogP contribution is -2.55. The van der Waals surface area contributed by atoms with E-state index in [0.717, 1.165) is 57.2 Å². The molecule has 120 valence electrons. The van der Waals surface area contributed by atoms with Crippen molar-refractivity contribution in [2.45, 2.75) is 50.5 Å². The van der Waals surface area contributed by atoms with Gasteiger partial charge in [0, 0.05) is 13.1 Å². The van der Waals surface area contributed by atoms with Gasteiger partial charge in [0.2, 0.25) is 5.91 Å². The van der Waals surface area contributed by atoms with Crippen LogP contribution in [0, 0.1) is 11.7 Å². The highest BCUT2D eigenvalue weighted by Gasteiger charge is 2.40. The number of rotatable bonds is 3. The van der Waals surface area contributed by atoms with Crippen LogP contribution in [0.15, 0.2) is 24.3 Å². The summed E-state index contributed by atoms with van der Waals surface area (Å²) >= 11 is 0. The number of nitrogens with zero attached hydrogens (tertiary/aromatic N) is 1. The van der Waals surface area contributed by atoms with Crippen LogP contribution in [0.1, 0.15) is 44.1 Å². The van der Waals surface area contributed by atoms with Gasteiger partial charge in [0.05, 0.1) is 5.54 Å². The molecule has 1 aliphatic carbocycles. The van der Waals surface area contributed by atoms with Crippen LogP contribution in [0.4, 0.5) is 4.39 Å². The van der Waals surface area contributed by atoms with Crippen LogP contribution in [-0.4, -0.2) is 29.4 Å². The number of hydrogen-bond acceptors (Lipinski definition) is 2. The topological polar surface area (TPSA) is 46.3 Å². The molecule has 1 saturated heterocycles. The van der Waals surface area contributed by atoms with Gasteiger partial charge >= 0.3 is 0 Å². The molecule has 22 heavy (non-hydrogen) atoms. The van der Waals surface area contributed by atoms with E-state index in [1.807, 2.05) is 17.0 Å². The first kappa shape index (κ1) is 15.5. The molecule has 0 aromatic heterocycles. The molecule has 1 aromatic rings. The summed E-state index contributed by atoms with van der Waals surface area (Å²) < 4.78 is 12.9. The van der Waals surface area contributed by atoms with Crippen molar-refractivity contribution < 1.29 is 9.18 Å². The quantitative estimate of drug-likeness (QED) is 0.933. The van der Waals surface area contributed by atoms with Crippen LogP contribution in [0.2, 0.25) is 0 Å². The molecule has 2 N–H and O–H groups in total. The van der Waals surface area contributed by atoms with Gasteiger partial charge in [-0.05, 0) is 49.3 Å². The maximum atomic E-state index is 12.9. The lowest BCUT2D eigenvalue weighted by molar-refractivity contribution is -0.137. The third-order valence-electron chi connectivity index (χ3n) is 5.18. The van der Waals surface area contributed by atoms with Crippen molar-refractivity contribution in [1.82, 2.24) is 4.90 Å². The van der Waals surface area contributed by atoms with Crippen molar-refractivity contribution in [1.29, 1.82) is 0 Å². The highest BCUT2D eigenvalue weighted by atomic mass is 19.1. The molecule has 1 heterocycles. The van der Waals surface area contributed by atoms with Gasteiger partial charge in [-0.2, -0.15) is 0 Å². The first-order valence-corrected chi connectivity index (χ1v) is 8.39. The molecule has 2 fully saturated rings. The second kappa shape index (κ2) is 6.37. The maximum Gasteiger partial charge on any atom is 0.242 e. The third-order valence-corrected chi connectivity index (χ3v) is 5.18. The summed E-state index contributed by atoms with van der Waals surface area (Å²) in [5.74, 6) is 0.407. The molecule has 1 aliphatic heterocycles. The minimum atomic E-state index is -0.622. The van der Waals surface area contributed by atoms with Crippen molar-refractivity contribution in [3.05, 3.63) is 35.6 Å². The fourth-order valence-electron chi connectivity index (χ4n) is 3.85. The summed E-state index contributed by atoms with van der Waals surface area (Å²) in [5, 5.41) is 0. The predicted molar refractivity (Wildman–Crippen MR) is 84.8 cm³/mol. The number of hydrogen-bond donors (Lipinski definition) is 1. The monoisotopic (exact) mass is 304 g/mol. The number of nitrogens with two attached hydrogens (primary N) is 1. The fraction of sp³-hybridized carbons (Fsp3) is 0.611. The second-order valence-corrected chi connectivity index (χ2v) is 6.95. The van der Waals surface area contributed by atoms with E-state index >= 15 is 0 Å². The van der Waals surface area contributed by atoms with E-state index in [-0.39, 0.29) is 11.7 Å². The Morgan fingerprint density at radius 3 is 2.59 bits per heavy atom. The van der Waals surface area contributed by atoms with E-state index in [1.54, 1.807) is 0 Å². The first-order chi connectivity index (χ1) is 10.6. The third kappa shape index (κ3) is 3.32. The van der Waals surface area contributed by atoms with Gasteiger partial charge in [0.1, 0.15) is 5.82 Å². The SMILES string of the molecule is NC1(C(=O)N2CCC(Cc3ccc(F)cc3)C2)CCCCC1. The van der Waals surface area contributed by atoms with Gasteiger partial charge in [-0.1, -0.05) is 31.4 Å². The van der Waals surface area contributed by atoms with Crippen LogP contribution < -0.4 is 5.73 Å². The summed E-state index contributed by atoms with van der Waals surface area (Å²) in [6, 6.07) is 6.69. The zero-order valence-electron chi connectivity index (χ0n) is 13.1. The largest absolute Gasteiger partial charge is 0.341 e. The Hall–Kier alpha value is -1.42. The Balaban J connectivity index is 1.57. The predicted octanol–water partition coefficient (Wildman–Crippen LogP) is 2.88. The van der Waals surface area contributed by atoms with Crippen LogP contribution in [0.25, 0.3) is 0 Å². The average molecular weight is 304 g/mol. The minimum Gasteiger partial charge on any atom is -0.341 e. The molecule has 2 aliphatic rings. The zero-order valence-corrected chi connectivity index (χ0v) is 13.1. The number of halogens is 1. The van der Waals surface area contributed by atoms with E-state index in [4.69, 9.17) is 5.73 Å². The Morgan fingerprint density at radius 1 is 1.23 bits per heavy atom. The van der Waals surface area contributed by atoms with Crippen molar-refractivity contribution in [3.63, 3.8) is 0 Å². The fourth-order valence-corrected chi connectivity index (χ4v) is 3.85. The van der Waals surface area contributed by atoms with Crippen LogP contribution in [-0.2, 0) is 11.2 Å². The lowest BCUT2D eigenvalue weighted by Gasteiger charge is -2.35. The van der Waals surface area contributed by atoms with Gasteiger partial charge < -0.3 is 10.6 Å². The molecule has 1 aromatic carbocycles. The molecule has 1 amide bonds. The molecule has 4 heteroatoms. The molecular formula is C18H25FN2O. The van der Waals surface area contributed by atoms with Crippen LogP contribution in [0.5, 0.6) is 0 Å². The molecule has 0 spiro atoms. The summed E-state index contributed by atoms with van der Waals surface area (Å²) in [6.45, 7) is 1.60. The zero-order chi connectivity index (χ0) is 15.6. The van der Waals surface area contributed by atoms with E-state index in [9.17, 15) is 9.18 Å². The molecule has 0 radical (unpaired) electrons. The average Bonchev–Trinajstić information content (AvgIpc) is 2.98. The van der Waals surface area contributed by atoms with Crippen molar-refractivity contribution in [2.75, 3.05) is 13.1 Å². The summed E-state index contributed by atoms with van der Waals surface area (Å²) in [7, 11) is 0. The van der Waals surface area contributed by atoms with E-state index in [1.165, 1.54) is 18.6 Å². The minimum absolute atomic E-state index is 0.147. The second-order valence-electron chi connectivity index (χ2n) is 6.95. The highest BCUT2D eigenvalue weighted by Crippen LogP contribution is 2.30. The van der Waals surface area contributed by atoms with E-state index in [0.29, 0.717) is 5.92 Å². The molecule has 3 nitrogen and oxygen atoms in total. The number of benzene rings is 1. The molecule has 1 saturated carbocycles. The van der Waals surface area contributed by atoms with Gasteiger partial charge in [-0.25, -0.2) is 4.39 Å². The van der Waals surface area contributed by atoms with Crippen LogP contribution in [0.3, 0.4) is 0 Å².